The van der Waals surface area contributed by atoms with Gasteiger partial charge >= 0.3 is 11.9 Å². The third kappa shape index (κ3) is 34.2. The Morgan fingerprint density at radius 2 is 1.00 bits per heavy atom. The van der Waals surface area contributed by atoms with E-state index in [9.17, 15) is 37.9 Å². The number of hydrogen-bond acceptors (Lipinski definition) is 11. The Kier molecular flexibility index (Phi) is 36.9. The van der Waals surface area contributed by atoms with Crippen LogP contribution in [-0.2, 0) is 38.7 Å². The van der Waals surface area contributed by atoms with Crippen LogP contribution in [0.3, 0.4) is 0 Å². The lowest BCUT2D eigenvalue weighted by Gasteiger charge is -2.40. The number of aliphatic hydroxyl groups is 3. The molecule has 1 rings (SSSR count). The summed E-state index contributed by atoms with van der Waals surface area (Å²) in [5.74, 6) is -2.07. The van der Waals surface area contributed by atoms with E-state index in [-0.39, 0.29) is 19.4 Å². The molecule has 0 bridgehead atoms. The first-order valence-electron chi connectivity index (χ1n) is 24.1. The van der Waals surface area contributed by atoms with Crippen LogP contribution < -0.4 is 0 Å². The van der Waals surface area contributed by atoms with Crippen LogP contribution in [0.5, 0.6) is 0 Å². The fourth-order valence-corrected chi connectivity index (χ4v) is 7.43. The van der Waals surface area contributed by atoms with Gasteiger partial charge in [-0.3, -0.25) is 14.1 Å². The van der Waals surface area contributed by atoms with Crippen LogP contribution in [-0.4, -0.2) is 96.0 Å². The van der Waals surface area contributed by atoms with Crippen molar-refractivity contribution in [3.63, 3.8) is 0 Å². The van der Waals surface area contributed by atoms with Crippen molar-refractivity contribution in [2.75, 3.05) is 19.0 Å². The number of ether oxygens (including phenoxy) is 4. The lowest BCUT2D eigenvalue weighted by molar-refractivity contribution is -0.297. The number of esters is 2. The molecular weight excluding hydrogens is 837 g/mol. The Balaban J connectivity index is 2.45. The Morgan fingerprint density at radius 1 is 0.547 bits per heavy atom. The number of carbonyl (C=O) groups is 2. The summed E-state index contributed by atoms with van der Waals surface area (Å²) in [6.45, 7) is 3.57. The smallest absolute Gasteiger partial charge is 0.306 e. The Morgan fingerprint density at radius 3 is 1.52 bits per heavy atom. The number of allylic oxidation sites excluding steroid dienone is 14. The molecule has 6 atom stereocenters. The van der Waals surface area contributed by atoms with E-state index in [0.29, 0.717) is 19.3 Å². The molecule has 0 spiro atoms. The summed E-state index contributed by atoms with van der Waals surface area (Å²) in [5.41, 5.74) is 0. The molecule has 366 valence electrons. The van der Waals surface area contributed by atoms with Crippen LogP contribution >= 0.6 is 0 Å². The van der Waals surface area contributed by atoms with Crippen LogP contribution in [0.1, 0.15) is 168 Å². The van der Waals surface area contributed by atoms with Gasteiger partial charge in [0.25, 0.3) is 10.1 Å². The van der Waals surface area contributed by atoms with Crippen molar-refractivity contribution in [3.8, 4) is 0 Å². The van der Waals surface area contributed by atoms with Crippen molar-refractivity contribution in [2.24, 2.45) is 0 Å². The number of unbranched alkanes of at least 4 members (excludes halogenated alkanes) is 13. The first-order valence-corrected chi connectivity index (χ1v) is 25.8. The second-order valence-corrected chi connectivity index (χ2v) is 17.9. The quantitative estimate of drug-likeness (QED) is 0.0198. The van der Waals surface area contributed by atoms with Gasteiger partial charge in [0.15, 0.2) is 12.4 Å². The monoisotopic (exact) mass is 921 g/mol. The molecule has 1 aliphatic rings. The second-order valence-electron chi connectivity index (χ2n) is 16.4. The molecule has 0 aromatic heterocycles. The molecule has 0 saturated carbocycles. The standard InChI is InChI=1S/C51H84O12S/c1-3-5-7-9-11-13-15-17-19-21-22-24-25-27-29-31-33-35-37-39-46(52)60-41-44(42-61-51-50(56)49(55)48(54)45(63-51)43-64(57,58)59)62-47(53)40-38-36-34-32-30-28-26-23-20-18-16-14-12-10-8-6-4-2/h6,8,11-14,17-20,26,28,32,34,44-45,48-51,54-56H,3-5,7,9-10,15-16,21-25,27,29-31,33,35-43H2,1-2H3,(H,57,58,59)/b8-6+,13-11+,14-12+,19-17+,20-18+,28-26+,34-32+/t44-,45-,48-,49?,50?,51+/m1/s1. The molecule has 0 radical (unpaired) electrons. The van der Waals surface area contributed by atoms with Crippen molar-refractivity contribution >= 4 is 22.1 Å². The van der Waals surface area contributed by atoms with Crippen molar-refractivity contribution in [3.05, 3.63) is 85.1 Å². The Bertz CT molecular complexity index is 1500. The predicted molar refractivity (Wildman–Crippen MR) is 256 cm³/mol. The molecule has 64 heavy (non-hydrogen) atoms. The summed E-state index contributed by atoms with van der Waals surface area (Å²) in [7, 11) is -4.62. The predicted octanol–water partition coefficient (Wildman–Crippen LogP) is 10.4. The summed E-state index contributed by atoms with van der Waals surface area (Å²) >= 11 is 0. The molecule has 2 unspecified atom stereocenters. The Labute approximate surface area is 386 Å². The van der Waals surface area contributed by atoms with E-state index >= 15 is 0 Å². The van der Waals surface area contributed by atoms with E-state index in [0.717, 1.165) is 64.2 Å². The first kappa shape index (κ1) is 58.8. The van der Waals surface area contributed by atoms with E-state index in [1.807, 2.05) is 12.2 Å². The summed E-state index contributed by atoms with van der Waals surface area (Å²) < 4.78 is 54.1. The molecular formula is C51H84O12S. The molecule has 1 heterocycles. The molecule has 1 fully saturated rings. The van der Waals surface area contributed by atoms with Gasteiger partial charge in [-0.15, -0.1) is 0 Å². The highest BCUT2D eigenvalue weighted by Gasteiger charge is 2.46. The van der Waals surface area contributed by atoms with Crippen molar-refractivity contribution in [2.45, 2.75) is 205 Å². The Hall–Kier alpha value is -3.17. The van der Waals surface area contributed by atoms with Crippen molar-refractivity contribution < 1.29 is 56.8 Å². The second kappa shape index (κ2) is 40.1. The van der Waals surface area contributed by atoms with E-state index < -0.39 is 71.2 Å². The van der Waals surface area contributed by atoms with Gasteiger partial charge in [0.1, 0.15) is 36.8 Å². The fourth-order valence-electron chi connectivity index (χ4n) is 6.74. The van der Waals surface area contributed by atoms with Crippen LogP contribution in [0.25, 0.3) is 0 Å². The molecule has 0 aromatic rings. The third-order valence-electron chi connectivity index (χ3n) is 10.5. The minimum absolute atomic E-state index is 0.0807. The van der Waals surface area contributed by atoms with Crippen molar-refractivity contribution in [1.29, 1.82) is 0 Å². The van der Waals surface area contributed by atoms with Gasteiger partial charge < -0.3 is 34.3 Å². The molecule has 12 nitrogen and oxygen atoms in total. The number of carbonyl (C=O) groups excluding carboxylic acids is 2. The number of aliphatic hydroxyl groups excluding tert-OH is 3. The topological polar surface area (TPSA) is 186 Å². The average molecular weight is 921 g/mol. The molecule has 0 amide bonds. The van der Waals surface area contributed by atoms with Gasteiger partial charge in [-0.05, 0) is 83.5 Å². The zero-order valence-corrected chi connectivity index (χ0v) is 39.9. The minimum Gasteiger partial charge on any atom is -0.462 e. The van der Waals surface area contributed by atoms with Gasteiger partial charge in [-0.2, -0.15) is 8.42 Å². The highest BCUT2D eigenvalue weighted by molar-refractivity contribution is 7.85. The first-order chi connectivity index (χ1) is 31.0. The molecule has 0 aromatic carbocycles. The molecule has 1 aliphatic heterocycles. The highest BCUT2D eigenvalue weighted by atomic mass is 32.2. The largest absolute Gasteiger partial charge is 0.462 e. The van der Waals surface area contributed by atoms with Gasteiger partial charge in [-0.25, -0.2) is 0 Å². The third-order valence-corrected chi connectivity index (χ3v) is 11.2. The summed E-state index contributed by atoms with van der Waals surface area (Å²) in [4.78, 5) is 25.5. The summed E-state index contributed by atoms with van der Waals surface area (Å²) in [5, 5.41) is 30.9. The molecule has 0 aliphatic carbocycles. The van der Waals surface area contributed by atoms with E-state index in [2.05, 4.69) is 86.8 Å². The van der Waals surface area contributed by atoms with Gasteiger partial charge in [0.05, 0.1) is 6.61 Å². The van der Waals surface area contributed by atoms with Gasteiger partial charge in [0, 0.05) is 12.8 Å². The van der Waals surface area contributed by atoms with Gasteiger partial charge in [0.2, 0.25) is 0 Å². The van der Waals surface area contributed by atoms with Crippen LogP contribution in [0, 0.1) is 0 Å². The lowest BCUT2D eigenvalue weighted by atomic mass is 10.00. The van der Waals surface area contributed by atoms with Crippen molar-refractivity contribution in [1.82, 2.24) is 0 Å². The highest BCUT2D eigenvalue weighted by Crippen LogP contribution is 2.24. The summed E-state index contributed by atoms with van der Waals surface area (Å²) in [6, 6.07) is 0. The average Bonchev–Trinajstić information content (AvgIpc) is 3.26. The maximum absolute atomic E-state index is 12.8. The number of rotatable bonds is 39. The van der Waals surface area contributed by atoms with E-state index in [1.165, 1.54) is 57.8 Å². The normalized spacial score (nSPS) is 20.4. The van der Waals surface area contributed by atoms with Gasteiger partial charge in [-0.1, -0.05) is 157 Å². The number of hydrogen-bond donors (Lipinski definition) is 4. The zero-order chi connectivity index (χ0) is 46.9. The fraction of sp³-hybridized carbons (Fsp3) is 0.686. The van der Waals surface area contributed by atoms with E-state index in [1.54, 1.807) is 0 Å². The van der Waals surface area contributed by atoms with Crippen LogP contribution in [0.4, 0.5) is 0 Å². The minimum atomic E-state index is -4.62. The zero-order valence-electron chi connectivity index (χ0n) is 39.1. The van der Waals surface area contributed by atoms with E-state index in [4.69, 9.17) is 18.9 Å². The maximum Gasteiger partial charge on any atom is 0.306 e. The van der Waals surface area contributed by atoms with Crippen LogP contribution in [0.15, 0.2) is 85.1 Å². The maximum atomic E-state index is 12.8. The molecule has 4 N–H and O–H groups in total. The molecule has 13 heteroatoms. The lowest BCUT2D eigenvalue weighted by Crippen LogP contribution is -2.60. The van der Waals surface area contributed by atoms with Crippen LogP contribution in [0.2, 0.25) is 0 Å². The molecule has 1 saturated heterocycles. The SMILES string of the molecule is CC/C=C/C/C=C/C/C=C/C/C=C/C/C=C/CCCC(=O)O[C@H](COC(=O)CCCCCCCCCCC/C=C/C/C=C/CCCCC)CO[C@H]1O[C@H](CS(=O)(=O)O)[C@@H](O)C(O)C1O. The summed E-state index contributed by atoms with van der Waals surface area (Å²) in [6.07, 6.45) is 43.4.